The lowest BCUT2D eigenvalue weighted by Gasteiger charge is -2.12. The van der Waals surface area contributed by atoms with Crippen molar-refractivity contribution >= 4 is 41.3 Å². The second-order valence-electron chi connectivity index (χ2n) is 4.76. The fourth-order valence-electron chi connectivity index (χ4n) is 1.60. The molecule has 1 aromatic heterocycles. The fraction of sp³-hybridized carbons (Fsp3) is 0.692. The Morgan fingerprint density at radius 1 is 1.30 bits per heavy atom. The highest BCUT2D eigenvalue weighted by Crippen LogP contribution is 2.15. The molecular weight excluding hydrogens is 385 g/mol. The molecule has 116 valence electrons. The third kappa shape index (κ3) is 7.39. The standard InChI is InChI=1S/C13H25N5S.HI/c1-10-11(2)19-12(17-10)9-16-13(14-3)15-7-6-8-18(4)5;/h6-9H2,1-5H3,(H2,14,15,16);1H. The Morgan fingerprint density at radius 2 is 2.00 bits per heavy atom. The zero-order valence-corrected chi connectivity index (χ0v) is 16.1. The van der Waals surface area contributed by atoms with E-state index in [2.05, 4.69) is 46.5 Å². The smallest absolute Gasteiger partial charge is 0.191 e. The second kappa shape index (κ2) is 10.3. The molecule has 1 heterocycles. The quantitative estimate of drug-likeness (QED) is 0.326. The molecule has 0 aromatic carbocycles. The van der Waals surface area contributed by atoms with Crippen molar-refractivity contribution in [3.05, 3.63) is 15.6 Å². The van der Waals surface area contributed by atoms with E-state index in [9.17, 15) is 0 Å². The second-order valence-corrected chi connectivity index (χ2v) is 6.05. The number of nitrogens with one attached hydrogen (secondary N) is 2. The van der Waals surface area contributed by atoms with Crippen LogP contribution in [0.3, 0.4) is 0 Å². The molecule has 0 radical (unpaired) electrons. The topological polar surface area (TPSA) is 52.6 Å². The largest absolute Gasteiger partial charge is 0.356 e. The highest BCUT2D eigenvalue weighted by molar-refractivity contribution is 14.0. The highest BCUT2D eigenvalue weighted by atomic mass is 127. The Labute approximate surface area is 143 Å². The summed E-state index contributed by atoms with van der Waals surface area (Å²) in [5.74, 6) is 0.837. The molecule has 1 aromatic rings. The molecule has 7 heteroatoms. The van der Waals surface area contributed by atoms with Gasteiger partial charge in [-0.15, -0.1) is 35.3 Å². The van der Waals surface area contributed by atoms with Gasteiger partial charge in [-0.3, -0.25) is 4.99 Å². The normalized spacial score (nSPS) is 11.4. The van der Waals surface area contributed by atoms with E-state index in [1.165, 1.54) is 4.88 Å². The van der Waals surface area contributed by atoms with Crippen molar-refractivity contribution < 1.29 is 0 Å². The molecule has 5 nitrogen and oxygen atoms in total. The fourth-order valence-corrected chi connectivity index (χ4v) is 2.47. The Kier molecular flexibility index (Phi) is 10.1. The van der Waals surface area contributed by atoms with Crippen LogP contribution in [-0.4, -0.2) is 50.1 Å². The van der Waals surface area contributed by atoms with Gasteiger partial charge in [-0.25, -0.2) is 4.98 Å². The number of aliphatic imine (C=N–C) groups is 1. The number of guanidine groups is 1. The van der Waals surface area contributed by atoms with E-state index in [0.29, 0.717) is 0 Å². The minimum absolute atomic E-state index is 0. The molecule has 0 spiro atoms. The lowest BCUT2D eigenvalue weighted by atomic mass is 10.4. The van der Waals surface area contributed by atoms with Gasteiger partial charge in [-0.1, -0.05) is 0 Å². The van der Waals surface area contributed by atoms with Crippen LogP contribution < -0.4 is 10.6 Å². The SMILES string of the molecule is CN=C(NCCCN(C)C)NCc1nc(C)c(C)s1.I. The molecule has 0 saturated carbocycles. The van der Waals surface area contributed by atoms with Crippen LogP contribution in [0.1, 0.15) is 22.0 Å². The molecule has 0 fully saturated rings. The van der Waals surface area contributed by atoms with E-state index in [0.717, 1.165) is 42.7 Å². The summed E-state index contributed by atoms with van der Waals surface area (Å²) in [5.41, 5.74) is 1.12. The van der Waals surface area contributed by atoms with Gasteiger partial charge < -0.3 is 15.5 Å². The van der Waals surface area contributed by atoms with E-state index >= 15 is 0 Å². The van der Waals surface area contributed by atoms with Crippen LogP contribution in [0.15, 0.2) is 4.99 Å². The summed E-state index contributed by atoms with van der Waals surface area (Å²) in [6, 6.07) is 0. The van der Waals surface area contributed by atoms with Crippen LogP contribution in [0.25, 0.3) is 0 Å². The van der Waals surface area contributed by atoms with Crippen molar-refractivity contribution in [2.24, 2.45) is 4.99 Å². The van der Waals surface area contributed by atoms with E-state index in [4.69, 9.17) is 0 Å². The van der Waals surface area contributed by atoms with Gasteiger partial charge in [-0.2, -0.15) is 0 Å². The first-order valence-corrected chi connectivity index (χ1v) is 7.36. The lowest BCUT2D eigenvalue weighted by molar-refractivity contribution is 0.399. The minimum Gasteiger partial charge on any atom is -0.356 e. The zero-order valence-electron chi connectivity index (χ0n) is 13.0. The van der Waals surface area contributed by atoms with Crippen LogP contribution in [-0.2, 0) is 6.54 Å². The summed E-state index contributed by atoms with van der Waals surface area (Å²) < 4.78 is 0. The van der Waals surface area contributed by atoms with Crippen molar-refractivity contribution in [3.63, 3.8) is 0 Å². The lowest BCUT2D eigenvalue weighted by Crippen LogP contribution is -2.38. The first-order valence-electron chi connectivity index (χ1n) is 6.55. The maximum absolute atomic E-state index is 4.50. The van der Waals surface area contributed by atoms with E-state index in [1.54, 1.807) is 18.4 Å². The summed E-state index contributed by atoms with van der Waals surface area (Å²) in [6.07, 6.45) is 1.10. The Bertz CT molecular complexity index is 397. The number of aromatic nitrogens is 1. The van der Waals surface area contributed by atoms with Gasteiger partial charge >= 0.3 is 0 Å². The predicted molar refractivity (Wildman–Crippen MR) is 98.4 cm³/mol. The zero-order chi connectivity index (χ0) is 14.3. The highest BCUT2D eigenvalue weighted by Gasteiger charge is 2.04. The molecule has 0 aliphatic rings. The maximum Gasteiger partial charge on any atom is 0.191 e. The third-order valence-corrected chi connectivity index (χ3v) is 3.85. The number of nitrogens with zero attached hydrogens (tertiary/aromatic N) is 3. The van der Waals surface area contributed by atoms with Crippen LogP contribution in [0.5, 0.6) is 0 Å². The van der Waals surface area contributed by atoms with Gasteiger partial charge in [0.05, 0.1) is 12.2 Å². The van der Waals surface area contributed by atoms with Crippen molar-refractivity contribution in [3.8, 4) is 0 Å². The Balaban J connectivity index is 0.00000361. The molecule has 1 rings (SSSR count). The number of hydrogen-bond donors (Lipinski definition) is 2. The van der Waals surface area contributed by atoms with Crippen molar-refractivity contribution in [1.82, 2.24) is 20.5 Å². The first kappa shape index (κ1) is 19.6. The molecule has 0 unspecified atom stereocenters. The van der Waals surface area contributed by atoms with Crippen molar-refractivity contribution in [2.45, 2.75) is 26.8 Å². The molecule has 20 heavy (non-hydrogen) atoms. The molecule has 0 bridgehead atoms. The summed E-state index contributed by atoms with van der Waals surface area (Å²) in [5, 5.41) is 7.70. The van der Waals surface area contributed by atoms with Gasteiger partial charge in [0.2, 0.25) is 0 Å². The van der Waals surface area contributed by atoms with Gasteiger partial charge in [0.25, 0.3) is 0 Å². The molecule has 0 amide bonds. The van der Waals surface area contributed by atoms with E-state index < -0.39 is 0 Å². The minimum atomic E-state index is 0. The van der Waals surface area contributed by atoms with Crippen molar-refractivity contribution in [2.75, 3.05) is 34.2 Å². The predicted octanol–water partition coefficient (Wildman–Crippen LogP) is 1.99. The average Bonchev–Trinajstić information content (AvgIpc) is 2.67. The van der Waals surface area contributed by atoms with E-state index in [-0.39, 0.29) is 24.0 Å². The first-order chi connectivity index (χ1) is 9.02. The Hall–Kier alpha value is -0.410. The third-order valence-electron chi connectivity index (χ3n) is 2.78. The van der Waals surface area contributed by atoms with Gasteiger partial charge in [-0.05, 0) is 40.9 Å². The van der Waals surface area contributed by atoms with Gasteiger partial charge in [0.1, 0.15) is 5.01 Å². The molecule has 2 N–H and O–H groups in total. The molecular formula is C13H26IN5S. The summed E-state index contributed by atoms with van der Waals surface area (Å²) in [4.78, 5) is 12.2. The summed E-state index contributed by atoms with van der Waals surface area (Å²) >= 11 is 1.74. The average molecular weight is 411 g/mol. The Morgan fingerprint density at radius 3 is 2.50 bits per heavy atom. The molecule has 0 atom stereocenters. The van der Waals surface area contributed by atoms with Crippen molar-refractivity contribution in [1.29, 1.82) is 0 Å². The van der Waals surface area contributed by atoms with Gasteiger partial charge in [0.15, 0.2) is 5.96 Å². The molecule has 0 saturated heterocycles. The monoisotopic (exact) mass is 411 g/mol. The maximum atomic E-state index is 4.50. The van der Waals surface area contributed by atoms with Gasteiger partial charge in [0, 0.05) is 18.5 Å². The number of aryl methyl sites for hydroxylation is 2. The van der Waals surface area contributed by atoms with Crippen LogP contribution in [0, 0.1) is 13.8 Å². The molecule has 0 aliphatic heterocycles. The number of halogens is 1. The van der Waals surface area contributed by atoms with Crippen LogP contribution in [0.4, 0.5) is 0 Å². The molecule has 0 aliphatic carbocycles. The summed E-state index contributed by atoms with van der Waals surface area (Å²) in [7, 11) is 5.96. The van der Waals surface area contributed by atoms with E-state index in [1.807, 2.05) is 6.92 Å². The summed E-state index contributed by atoms with van der Waals surface area (Å²) in [6.45, 7) is 6.88. The van der Waals surface area contributed by atoms with Crippen LogP contribution >= 0.6 is 35.3 Å². The number of thiazole rings is 1. The van der Waals surface area contributed by atoms with Crippen LogP contribution in [0.2, 0.25) is 0 Å². The number of rotatable bonds is 6. The number of hydrogen-bond acceptors (Lipinski definition) is 4.